The van der Waals surface area contributed by atoms with Crippen LogP contribution in [0.5, 0.6) is 0 Å². The quantitative estimate of drug-likeness (QED) is 0.832. The molecular formula is C9H9ClF3NO. The van der Waals surface area contributed by atoms with E-state index >= 15 is 0 Å². The fourth-order valence-electron chi connectivity index (χ4n) is 1.20. The first-order valence-electron chi connectivity index (χ1n) is 4.09. The molecule has 0 saturated carbocycles. The highest BCUT2D eigenvalue weighted by Crippen LogP contribution is 2.35. The van der Waals surface area contributed by atoms with E-state index in [1.165, 1.54) is 12.1 Å². The number of benzene rings is 1. The lowest BCUT2D eigenvalue weighted by atomic mass is 10.0. The van der Waals surface area contributed by atoms with Gasteiger partial charge in [0.2, 0.25) is 0 Å². The van der Waals surface area contributed by atoms with E-state index in [-0.39, 0.29) is 10.6 Å². The van der Waals surface area contributed by atoms with Crippen molar-refractivity contribution in [2.24, 2.45) is 5.73 Å². The molecule has 1 aromatic carbocycles. The van der Waals surface area contributed by atoms with Gasteiger partial charge in [0.15, 0.2) is 0 Å². The molecule has 0 aliphatic carbocycles. The van der Waals surface area contributed by atoms with Crippen LogP contribution >= 0.6 is 11.6 Å². The van der Waals surface area contributed by atoms with E-state index in [1.54, 1.807) is 0 Å². The van der Waals surface area contributed by atoms with Crippen LogP contribution in [-0.4, -0.2) is 11.7 Å². The summed E-state index contributed by atoms with van der Waals surface area (Å²) in [5, 5.41) is 8.70. The van der Waals surface area contributed by atoms with Crippen molar-refractivity contribution in [3.8, 4) is 0 Å². The van der Waals surface area contributed by atoms with E-state index in [0.29, 0.717) is 0 Å². The van der Waals surface area contributed by atoms with Gasteiger partial charge in [-0.15, -0.1) is 0 Å². The summed E-state index contributed by atoms with van der Waals surface area (Å²) in [7, 11) is 0. The Morgan fingerprint density at radius 1 is 1.40 bits per heavy atom. The Balaban J connectivity index is 3.27. The number of halogens is 4. The van der Waals surface area contributed by atoms with Crippen molar-refractivity contribution in [3.05, 3.63) is 34.3 Å². The first-order valence-corrected chi connectivity index (χ1v) is 4.47. The minimum absolute atomic E-state index is 0.0174. The summed E-state index contributed by atoms with van der Waals surface area (Å²) in [6.07, 6.45) is -4.52. The van der Waals surface area contributed by atoms with Crippen molar-refractivity contribution in [1.29, 1.82) is 0 Å². The third-order valence-corrected chi connectivity index (χ3v) is 2.15. The second kappa shape index (κ2) is 4.38. The van der Waals surface area contributed by atoms with Crippen LogP contribution in [0.25, 0.3) is 0 Å². The number of nitrogens with two attached hydrogens (primary N) is 1. The molecule has 0 aliphatic rings. The molecule has 0 fully saturated rings. The average molecular weight is 240 g/mol. The average Bonchev–Trinajstić information content (AvgIpc) is 2.15. The molecule has 0 heterocycles. The van der Waals surface area contributed by atoms with Crippen molar-refractivity contribution in [2.75, 3.05) is 6.61 Å². The molecule has 3 N–H and O–H groups in total. The van der Waals surface area contributed by atoms with Crippen molar-refractivity contribution >= 4 is 11.6 Å². The van der Waals surface area contributed by atoms with Crippen LogP contribution in [0, 0.1) is 0 Å². The summed E-state index contributed by atoms with van der Waals surface area (Å²) in [6, 6.07) is 2.22. The van der Waals surface area contributed by atoms with Crippen molar-refractivity contribution < 1.29 is 18.3 Å². The molecular weight excluding hydrogens is 231 g/mol. The maximum atomic E-state index is 12.5. The molecule has 1 rings (SSSR count). The van der Waals surface area contributed by atoms with Gasteiger partial charge < -0.3 is 10.8 Å². The van der Waals surface area contributed by atoms with E-state index in [0.717, 1.165) is 6.07 Å². The maximum Gasteiger partial charge on any atom is 0.416 e. The smallest absolute Gasteiger partial charge is 0.394 e. The van der Waals surface area contributed by atoms with Crippen LogP contribution < -0.4 is 5.73 Å². The Morgan fingerprint density at radius 2 is 2.00 bits per heavy atom. The van der Waals surface area contributed by atoms with Crippen molar-refractivity contribution in [1.82, 2.24) is 0 Å². The van der Waals surface area contributed by atoms with Gasteiger partial charge in [-0.3, -0.25) is 0 Å². The number of aliphatic hydroxyl groups excluding tert-OH is 1. The van der Waals surface area contributed by atoms with Gasteiger partial charge in [0.25, 0.3) is 0 Å². The van der Waals surface area contributed by atoms with Crippen LogP contribution in [0.4, 0.5) is 13.2 Å². The maximum absolute atomic E-state index is 12.5. The van der Waals surface area contributed by atoms with Gasteiger partial charge in [-0.1, -0.05) is 17.7 Å². The predicted molar refractivity (Wildman–Crippen MR) is 50.5 cm³/mol. The molecule has 0 aliphatic heterocycles. The highest BCUT2D eigenvalue weighted by Gasteiger charge is 2.34. The Morgan fingerprint density at radius 3 is 2.47 bits per heavy atom. The molecule has 0 spiro atoms. The third-order valence-electron chi connectivity index (χ3n) is 1.92. The van der Waals surface area contributed by atoms with Crippen LogP contribution in [0.3, 0.4) is 0 Å². The number of alkyl halides is 3. The topological polar surface area (TPSA) is 46.2 Å². The molecule has 15 heavy (non-hydrogen) atoms. The minimum Gasteiger partial charge on any atom is -0.394 e. The lowest BCUT2D eigenvalue weighted by Crippen LogP contribution is -2.20. The second-order valence-electron chi connectivity index (χ2n) is 3.02. The zero-order chi connectivity index (χ0) is 11.6. The Kier molecular flexibility index (Phi) is 3.59. The van der Waals surface area contributed by atoms with E-state index in [2.05, 4.69) is 0 Å². The monoisotopic (exact) mass is 239 g/mol. The molecule has 1 atom stereocenters. The van der Waals surface area contributed by atoms with Crippen LogP contribution in [0.1, 0.15) is 17.2 Å². The van der Waals surface area contributed by atoms with Crippen LogP contribution in [-0.2, 0) is 6.18 Å². The minimum atomic E-state index is -4.52. The van der Waals surface area contributed by atoms with Gasteiger partial charge in [0.1, 0.15) is 0 Å². The standard InChI is InChI=1S/C9H9ClF3NO/c10-5-1-2-6(8(14)4-15)7(3-5)9(11,12)13/h1-3,8,15H,4,14H2. The lowest BCUT2D eigenvalue weighted by molar-refractivity contribution is -0.138. The van der Waals surface area contributed by atoms with Crippen molar-refractivity contribution in [2.45, 2.75) is 12.2 Å². The van der Waals surface area contributed by atoms with E-state index in [1.807, 2.05) is 0 Å². The molecule has 6 heteroatoms. The second-order valence-corrected chi connectivity index (χ2v) is 3.45. The predicted octanol–water partition coefficient (Wildman–Crippen LogP) is 2.35. The van der Waals surface area contributed by atoms with Crippen molar-refractivity contribution in [3.63, 3.8) is 0 Å². The van der Waals surface area contributed by atoms with Gasteiger partial charge in [-0.05, 0) is 17.7 Å². The lowest BCUT2D eigenvalue weighted by Gasteiger charge is -2.16. The molecule has 2 nitrogen and oxygen atoms in total. The van der Waals surface area contributed by atoms with Gasteiger partial charge in [-0.2, -0.15) is 13.2 Å². The molecule has 1 unspecified atom stereocenters. The summed E-state index contributed by atoms with van der Waals surface area (Å²) in [6.45, 7) is -0.551. The summed E-state index contributed by atoms with van der Waals surface area (Å²) in [5.74, 6) is 0. The molecule has 0 saturated heterocycles. The molecule has 0 aromatic heterocycles. The Bertz CT molecular complexity index is 354. The van der Waals surface area contributed by atoms with E-state index in [4.69, 9.17) is 22.4 Å². The third kappa shape index (κ3) is 2.84. The molecule has 0 bridgehead atoms. The van der Waals surface area contributed by atoms with Crippen LogP contribution in [0.15, 0.2) is 18.2 Å². The Hall–Kier alpha value is -0.780. The van der Waals surface area contributed by atoms with Crippen LogP contribution in [0.2, 0.25) is 5.02 Å². The highest BCUT2D eigenvalue weighted by molar-refractivity contribution is 6.30. The SMILES string of the molecule is NC(CO)c1ccc(Cl)cc1C(F)(F)F. The van der Waals surface area contributed by atoms with E-state index in [9.17, 15) is 13.2 Å². The number of aliphatic hydroxyl groups is 1. The number of hydrogen-bond acceptors (Lipinski definition) is 2. The van der Waals surface area contributed by atoms with Gasteiger partial charge in [0.05, 0.1) is 18.2 Å². The molecule has 0 amide bonds. The molecule has 1 aromatic rings. The zero-order valence-electron chi connectivity index (χ0n) is 7.55. The molecule has 0 radical (unpaired) electrons. The summed E-state index contributed by atoms with van der Waals surface area (Å²) >= 11 is 5.47. The van der Waals surface area contributed by atoms with Gasteiger partial charge in [0, 0.05) is 5.02 Å². The van der Waals surface area contributed by atoms with Gasteiger partial charge >= 0.3 is 6.18 Å². The number of hydrogen-bond donors (Lipinski definition) is 2. The number of rotatable bonds is 2. The summed E-state index contributed by atoms with van der Waals surface area (Å²) < 4.78 is 37.6. The van der Waals surface area contributed by atoms with E-state index < -0.39 is 24.4 Å². The first-order chi connectivity index (χ1) is 6.86. The molecule has 84 valence electrons. The summed E-state index contributed by atoms with van der Waals surface area (Å²) in [4.78, 5) is 0. The Labute approximate surface area is 89.5 Å². The largest absolute Gasteiger partial charge is 0.416 e. The fraction of sp³-hybridized carbons (Fsp3) is 0.333. The highest BCUT2D eigenvalue weighted by atomic mass is 35.5. The first kappa shape index (κ1) is 12.3. The normalized spacial score (nSPS) is 14.0. The van der Waals surface area contributed by atoms with Gasteiger partial charge in [-0.25, -0.2) is 0 Å². The zero-order valence-corrected chi connectivity index (χ0v) is 8.31. The summed E-state index contributed by atoms with van der Waals surface area (Å²) in [5.41, 5.74) is 4.28. The fourth-order valence-corrected chi connectivity index (χ4v) is 1.37.